The number of carbonyl (C=O) groups is 1. The van der Waals surface area contributed by atoms with Gasteiger partial charge in [0.1, 0.15) is 12.4 Å². The standard InChI is InChI=1S/C29H31FN4O5/c1-17-12-18-20(34-17)5-6-23(26(18)30)39-28-19-13-24(36-2)25(14-21(19)32-16-33-28)37-11-3-4-22(35)27-29(15-38-27)7-9-31-10-8-29/h5-6,12-14,16,27,31,34H,3-4,7-11,15H2,1-2H3. The molecule has 0 saturated carbocycles. The number of benzene rings is 2. The SMILES string of the molecule is COc1cc2c(Oc3ccc4[nH]c(C)cc4c3F)ncnc2cc1OCCCC(=O)C1OCC12CCNCC2. The maximum atomic E-state index is 15.1. The van der Waals surface area contributed by atoms with Gasteiger partial charge in [0.2, 0.25) is 5.88 Å². The van der Waals surface area contributed by atoms with Crippen LogP contribution in [0.25, 0.3) is 21.8 Å². The predicted molar refractivity (Wildman–Crippen MR) is 143 cm³/mol. The number of halogens is 1. The zero-order valence-corrected chi connectivity index (χ0v) is 22.0. The van der Waals surface area contributed by atoms with Crippen molar-refractivity contribution < 1.29 is 28.1 Å². The van der Waals surface area contributed by atoms with Crippen LogP contribution in [0.5, 0.6) is 23.1 Å². The molecule has 0 aliphatic carbocycles. The summed E-state index contributed by atoms with van der Waals surface area (Å²) in [5.41, 5.74) is 2.12. The number of nitrogens with zero attached hydrogens (tertiary/aromatic N) is 2. The first-order chi connectivity index (χ1) is 19.0. The topological polar surface area (TPSA) is 108 Å². The Morgan fingerprint density at radius 1 is 1.13 bits per heavy atom. The number of rotatable bonds is 9. The maximum Gasteiger partial charge on any atom is 0.230 e. The summed E-state index contributed by atoms with van der Waals surface area (Å²) in [6.07, 6.45) is 3.98. The van der Waals surface area contributed by atoms with Crippen molar-refractivity contribution in [3.05, 3.63) is 48.2 Å². The Kier molecular flexibility index (Phi) is 6.82. The zero-order valence-electron chi connectivity index (χ0n) is 22.0. The number of Topliss-reactive ketones (excluding diaryl/α,β-unsaturated/α-hetero) is 1. The van der Waals surface area contributed by atoms with Crippen LogP contribution in [0.15, 0.2) is 36.7 Å². The zero-order chi connectivity index (χ0) is 27.0. The van der Waals surface area contributed by atoms with Gasteiger partial charge in [-0.05, 0) is 63.5 Å². The molecule has 9 nitrogen and oxygen atoms in total. The largest absolute Gasteiger partial charge is 0.493 e. The highest BCUT2D eigenvalue weighted by Gasteiger charge is 2.51. The minimum absolute atomic E-state index is 0.0134. The number of hydrogen-bond donors (Lipinski definition) is 2. The molecule has 4 heterocycles. The van der Waals surface area contributed by atoms with E-state index in [2.05, 4.69) is 20.3 Å². The maximum absolute atomic E-state index is 15.1. The molecule has 0 amide bonds. The minimum atomic E-state index is -0.469. The van der Waals surface area contributed by atoms with Crippen LogP contribution in [-0.4, -0.2) is 60.3 Å². The lowest BCUT2D eigenvalue weighted by atomic mass is 9.69. The van der Waals surface area contributed by atoms with Crippen molar-refractivity contribution in [3.8, 4) is 23.1 Å². The predicted octanol–water partition coefficient (Wildman–Crippen LogP) is 4.86. The van der Waals surface area contributed by atoms with E-state index >= 15 is 4.39 Å². The highest BCUT2D eigenvalue weighted by Crippen LogP contribution is 2.44. The van der Waals surface area contributed by atoms with Crippen LogP contribution < -0.4 is 19.5 Å². The second-order valence-electron chi connectivity index (χ2n) is 10.3. The third kappa shape index (κ3) is 4.79. The van der Waals surface area contributed by atoms with Crippen LogP contribution in [0.4, 0.5) is 4.39 Å². The van der Waals surface area contributed by atoms with Gasteiger partial charge in [0, 0.05) is 34.5 Å². The number of aryl methyl sites for hydroxylation is 1. The van der Waals surface area contributed by atoms with E-state index < -0.39 is 5.82 Å². The van der Waals surface area contributed by atoms with Crippen LogP contribution in [0, 0.1) is 18.2 Å². The molecule has 2 aromatic heterocycles. The first-order valence-electron chi connectivity index (χ1n) is 13.2. The first-order valence-corrected chi connectivity index (χ1v) is 13.2. The lowest BCUT2D eigenvalue weighted by Crippen LogP contribution is -2.59. The quantitative estimate of drug-likeness (QED) is 0.293. The highest BCUT2D eigenvalue weighted by molar-refractivity contribution is 5.88. The summed E-state index contributed by atoms with van der Waals surface area (Å²) in [6.45, 7) is 4.76. The second kappa shape index (κ2) is 10.4. The Morgan fingerprint density at radius 2 is 1.97 bits per heavy atom. The summed E-state index contributed by atoms with van der Waals surface area (Å²) in [5, 5.41) is 4.35. The number of aromatic amines is 1. The van der Waals surface area contributed by atoms with Crippen molar-refractivity contribution >= 4 is 27.6 Å². The van der Waals surface area contributed by atoms with Crippen molar-refractivity contribution in [3.63, 3.8) is 0 Å². The van der Waals surface area contributed by atoms with Crippen molar-refractivity contribution in [1.29, 1.82) is 0 Å². The van der Waals surface area contributed by atoms with Crippen molar-refractivity contribution in [2.45, 2.75) is 38.7 Å². The molecule has 2 fully saturated rings. The Morgan fingerprint density at radius 3 is 2.74 bits per heavy atom. The molecule has 4 aromatic rings. The van der Waals surface area contributed by atoms with Gasteiger partial charge in [-0.25, -0.2) is 14.4 Å². The Labute approximate surface area is 225 Å². The molecule has 204 valence electrons. The van der Waals surface area contributed by atoms with Gasteiger partial charge in [0.25, 0.3) is 0 Å². The smallest absolute Gasteiger partial charge is 0.230 e. The molecule has 2 aliphatic heterocycles. The summed E-state index contributed by atoms with van der Waals surface area (Å²) in [7, 11) is 1.54. The van der Waals surface area contributed by atoms with Crippen LogP contribution in [-0.2, 0) is 9.53 Å². The molecule has 2 N–H and O–H groups in total. The minimum Gasteiger partial charge on any atom is -0.493 e. The number of fused-ring (bicyclic) bond motifs is 2. The van der Waals surface area contributed by atoms with E-state index in [4.69, 9.17) is 18.9 Å². The van der Waals surface area contributed by atoms with Gasteiger partial charge in [-0.2, -0.15) is 0 Å². The van der Waals surface area contributed by atoms with Gasteiger partial charge >= 0.3 is 0 Å². The molecule has 2 aliphatic rings. The van der Waals surface area contributed by atoms with E-state index in [1.807, 2.05) is 6.92 Å². The van der Waals surface area contributed by atoms with E-state index in [1.165, 1.54) is 13.4 Å². The molecule has 1 unspecified atom stereocenters. The van der Waals surface area contributed by atoms with Crippen LogP contribution >= 0.6 is 0 Å². The average molecular weight is 535 g/mol. The summed E-state index contributed by atoms with van der Waals surface area (Å²) in [4.78, 5) is 24.5. The molecule has 2 aromatic carbocycles. The van der Waals surface area contributed by atoms with Crippen molar-refractivity contribution in [2.24, 2.45) is 5.41 Å². The van der Waals surface area contributed by atoms with Crippen LogP contribution in [0.1, 0.15) is 31.4 Å². The summed E-state index contributed by atoms with van der Waals surface area (Å²) in [6, 6.07) is 8.52. The van der Waals surface area contributed by atoms with Gasteiger partial charge in [0.15, 0.2) is 28.8 Å². The second-order valence-corrected chi connectivity index (χ2v) is 10.3. The van der Waals surface area contributed by atoms with E-state index in [-0.39, 0.29) is 28.9 Å². The molecule has 0 radical (unpaired) electrons. The Bertz CT molecular complexity index is 1530. The summed E-state index contributed by atoms with van der Waals surface area (Å²) < 4.78 is 38.2. The summed E-state index contributed by atoms with van der Waals surface area (Å²) in [5.74, 6) is 0.893. The third-order valence-corrected chi connectivity index (χ3v) is 7.74. The molecule has 39 heavy (non-hydrogen) atoms. The van der Waals surface area contributed by atoms with Crippen LogP contribution in [0.2, 0.25) is 0 Å². The van der Waals surface area contributed by atoms with Crippen LogP contribution in [0.3, 0.4) is 0 Å². The molecule has 0 bridgehead atoms. The molecule has 2 saturated heterocycles. The van der Waals surface area contributed by atoms with E-state index in [9.17, 15) is 4.79 Å². The number of ether oxygens (including phenoxy) is 4. The van der Waals surface area contributed by atoms with Gasteiger partial charge in [-0.1, -0.05) is 0 Å². The van der Waals surface area contributed by atoms with Crippen molar-refractivity contribution in [1.82, 2.24) is 20.3 Å². The number of nitrogens with one attached hydrogen (secondary N) is 2. The van der Waals surface area contributed by atoms with E-state index in [1.54, 1.807) is 30.3 Å². The van der Waals surface area contributed by atoms with E-state index in [0.717, 1.165) is 31.6 Å². The number of hydrogen-bond acceptors (Lipinski definition) is 8. The highest BCUT2D eigenvalue weighted by atomic mass is 19.1. The molecule has 1 atom stereocenters. The van der Waals surface area contributed by atoms with Crippen molar-refractivity contribution in [2.75, 3.05) is 33.4 Å². The number of H-pyrrole nitrogens is 1. The average Bonchev–Trinajstić information content (AvgIpc) is 3.33. The molecular formula is C29H31FN4O5. The Hall–Kier alpha value is -3.76. The number of methoxy groups -OCH3 is 1. The number of ketones is 1. The van der Waals surface area contributed by atoms with E-state index in [0.29, 0.717) is 59.4 Å². The fourth-order valence-corrected chi connectivity index (χ4v) is 5.59. The summed E-state index contributed by atoms with van der Waals surface area (Å²) >= 11 is 0. The fourth-order valence-electron chi connectivity index (χ4n) is 5.59. The van der Waals surface area contributed by atoms with Gasteiger partial charge in [-0.3, -0.25) is 4.79 Å². The van der Waals surface area contributed by atoms with Gasteiger partial charge in [0.05, 0.1) is 31.2 Å². The molecule has 10 heteroatoms. The first kappa shape index (κ1) is 25.5. The fraction of sp³-hybridized carbons (Fsp3) is 0.414. The number of carbonyl (C=O) groups excluding carboxylic acids is 1. The molecule has 1 spiro atoms. The lowest BCUT2D eigenvalue weighted by Gasteiger charge is -2.50. The lowest BCUT2D eigenvalue weighted by molar-refractivity contribution is -0.201. The Balaban J connectivity index is 1.14. The van der Waals surface area contributed by atoms with Gasteiger partial charge < -0.3 is 29.2 Å². The number of aromatic nitrogens is 3. The molecular weight excluding hydrogens is 503 g/mol. The normalized spacial score (nSPS) is 18.3. The number of piperidine rings is 1. The third-order valence-electron chi connectivity index (χ3n) is 7.74. The monoisotopic (exact) mass is 534 g/mol. The molecule has 6 rings (SSSR count). The van der Waals surface area contributed by atoms with Gasteiger partial charge in [-0.15, -0.1) is 0 Å².